The third kappa shape index (κ3) is 5.61. The van der Waals surface area contributed by atoms with Crippen LogP contribution in [0.2, 0.25) is 0 Å². The fraction of sp³-hybridized carbons (Fsp3) is 0.500. The third-order valence-electron chi connectivity index (χ3n) is 2.41. The zero-order valence-electron chi connectivity index (χ0n) is 12.1. The fourth-order valence-electron chi connectivity index (χ4n) is 1.45. The lowest BCUT2D eigenvalue weighted by Crippen LogP contribution is -2.42. The Bertz CT molecular complexity index is 410. The largest absolute Gasteiger partial charge is 0.497 e. The quantitative estimate of drug-likeness (QED) is 0.823. The van der Waals surface area contributed by atoms with Crippen LogP contribution in [0.3, 0.4) is 0 Å². The number of carbonyl (C=O) groups is 1. The maximum Gasteiger partial charge on any atom is 0.422 e. The summed E-state index contributed by atoms with van der Waals surface area (Å²) in [4.78, 5) is 11.5. The highest BCUT2D eigenvalue weighted by Gasteiger charge is 2.16. The molecule has 5 nitrogen and oxygen atoms in total. The lowest BCUT2D eigenvalue weighted by atomic mass is 10.1. The lowest BCUT2D eigenvalue weighted by molar-refractivity contribution is 0.0489. The summed E-state index contributed by atoms with van der Waals surface area (Å²) in [6.45, 7) is 7.40. The standard InChI is InChI=1S/C14H22N2O3/c1-10(11-6-8-12(18-5)9-7-11)15-16-13(17)19-14(2,3)4/h6-10,15H,1-5H3,(H,16,17). The van der Waals surface area contributed by atoms with Crippen LogP contribution in [0.5, 0.6) is 5.75 Å². The van der Waals surface area contributed by atoms with Gasteiger partial charge in [0.25, 0.3) is 0 Å². The molecule has 1 unspecified atom stereocenters. The van der Waals surface area contributed by atoms with Crippen LogP contribution in [-0.4, -0.2) is 18.8 Å². The Morgan fingerprint density at radius 2 is 1.79 bits per heavy atom. The number of methoxy groups -OCH3 is 1. The van der Waals surface area contributed by atoms with Crippen LogP contribution in [0, 0.1) is 0 Å². The van der Waals surface area contributed by atoms with Crippen molar-refractivity contribution in [2.24, 2.45) is 0 Å². The monoisotopic (exact) mass is 266 g/mol. The second-order valence-corrected chi connectivity index (χ2v) is 5.27. The number of carbonyl (C=O) groups excluding carboxylic acids is 1. The van der Waals surface area contributed by atoms with E-state index in [1.807, 2.05) is 52.0 Å². The molecule has 106 valence electrons. The molecule has 0 heterocycles. The smallest absolute Gasteiger partial charge is 0.422 e. The molecular formula is C14H22N2O3. The summed E-state index contributed by atoms with van der Waals surface area (Å²) >= 11 is 0. The molecular weight excluding hydrogens is 244 g/mol. The van der Waals surface area contributed by atoms with Gasteiger partial charge in [-0.15, -0.1) is 0 Å². The van der Waals surface area contributed by atoms with Crippen molar-refractivity contribution in [2.45, 2.75) is 39.3 Å². The molecule has 0 aliphatic carbocycles. The molecule has 0 bridgehead atoms. The van der Waals surface area contributed by atoms with Crippen molar-refractivity contribution >= 4 is 6.09 Å². The number of nitrogens with one attached hydrogen (secondary N) is 2. The molecule has 0 fully saturated rings. The molecule has 1 aromatic rings. The minimum Gasteiger partial charge on any atom is -0.497 e. The topological polar surface area (TPSA) is 59.6 Å². The normalized spacial score (nSPS) is 12.7. The fourth-order valence-corrected chi connectivity index (χ4v) is 1.45. The van der Waals surface area contributed by atoms with Gasteiger partial charge in [0, 0.05) is 6.04 Å². The summed E-state index contributed by atoms with van der Waals surface area (Å²) in [7, 11) is 1.63. The van der Waals surface area contributed by atoms with Crippen LogP contribution in [0.25, 0.3) is 0 Å². The molecule has 0 aromatic heterocycles. The maximum absolute atomic E-state index is 11.5. The van der Waals surface area contributed by atoms with Gasteiger partial charge in [-0.3, -0.25) is 5.43 Å². The average Bonchev–Trinajstić information content (AvgIpc) is 2.34. The molecule has 1 aromatic carbocycles. The number of hydrogen-bond donors (Lipinski definition) is 2. The molecule has 0 aliphatic rings. The van der Waals surface area contributed by atoms with E-state index >= 15 is 0 Å². The van der Waals surface area contributed by atoms with Gasteiger partial charge in [-0.1, -0.05) is 12.1 Å². The molecule has 0 aliphatic heterocycles. The predicted octanol–water partition coefficient (Wildman–Crippen LogP) is 2.79. The summed E-state index contributed by atoms with van der Waals surface area (Å²) in [5, 5.41) is 0. The summed E-state index contributed by atoms with van der Waals surface area (Å²) in [6, 6.07) is 7.60. The lowest BCUT2D eigenvalue weighted by Gasteiger charge is -2.21. The Balaban J connectivity index is 2.46. The Morgan fingerprint density at radius 1 is 1.21 bits per heavy atom. The highest BCUT2D eigenvalue weighted by Crippen LogP contribution is 2.16. The molecule has 5 heteroatoms. The molecule has 0 saturated heterocycles. The molecule has 2 N–H and O–H groups in total. The van der Waals surface area contributed by atoms with Gasteiger partial charge in [0.1, 0.15) is 11.4 Å². The van der Waals surface area contributed by atoms with Gasteiger partial charge in [0.15, 0.2) is 0 Å². The summed E-state index contributed by atoms with van der Waals surface area (Å²) in [5.41, 5.74) is 5.95. The van der Waals surface area contributed by atoms with Gasteiger partial charge in [0.05, 0.1) is 7.11 Å². The Morgan fingerprint density at radius 3 is 2.26 bits per heavy atom. The van der Waals surface area contributed by atoms with Crippen LogP contribution in [0.15, 0.2) is 24.3 Å². The van der Waals surface area contributed by atoms with Crippen molar-refractivity contribution in [3.63, 3.8) is 0 Å². The highest BCUT2D eigenvalue weighted by molar-refractivity contribution is 5.67. The number of hydrazine groups is 1. The highest BCUT2D eigenvalue weighted by atomic mass is 16.6. The van der Waals surface area contributed by atoms with Crippen LogP contribution in [-0.2, 0) is 4.74 Å². The first-order chi connectivity index (χ1) is 8.81. The van der Waals surface area contributed by atoms with Crippen LogP contribution < -0.4 is 15.6 Å². The number of ether oxygens (including phenoxy) is 2. The van der Waals surface area contributed by atoms with E-state index < -0.39 is 11.7 Å². The van der Waals surface area contributed by atoms with Crippen molar-refractivity contribution < 1.29 is 14.3 Å². The maximum atomic E-state index is 11.5. The second kappa shape index (κ2) is 6.43. The van der Waals surface area contributed by atoms with Gasteiger partial charge in [-0.05, 0) is 45.4 Å². The zero-order chi connectivity index (χ0) is 14.5. The van der Waals surface area contributed by atoms with Crippen molar-refractivity contribution in [2.75, 3.05) is 7.11 Å². The van der Waals surface area contributed by atoms with E-state index in [1.54, 1.807) is 7.11 Å². The minimum atomic E-state index is -0.505. The predicted molar refractivity (Wildman–Crippen MR) is 73.9 cm³/mol. The van der Waals surface area contributed by atoms with E-state index in [9.17, 15) is 4.79 Å². The van der Waals surface area contributed by atoms with Gasteiger partial charge >= 0.3 is 6.09 Å². The average molecular weight is 266 g/mol. The molecule has 1 amide bonds. The Labute approximate surface area is 114 Å². The van der Waals surface area contributed by atoms with Crippen molar-refractivity contribution in [1.82, 2.24) is 10.9 Å². The minimum absolute atomic E-state index is 0.0292. The van der Waals surface area contributed by atoms with Gasteiger partial charge < -0.3 is 9.47 Å². The van der Waals surface area contributed by atoms with Crippen molar-refractivity contribution in [3.05, 3.63) is 29.8 Å². The summed E-state index contributed by atoms with van der Waals surface area (Å²) in [6.07, 6.45) is -0.493. The zero-order valence-corrected chi connectivity index (χ0v) is 12.1. The Kier molecular flexibility index (Phi) is 5.18. The summed E-state index contributed by atoms with van der Waals surface area (Å²) in [5.74, 6) is 0.802. The van der Waals surface area contributed by atoms with Gasteiger partial charge in [-0.25, -0.2) is 10.2 Å². The van der Waals surface area contributed by atoms with Gasteiger partial charge in [-0.2, -0.15) is 0 Å². The Hall–Kier alpha value is -1.75. The number of hydrogen-bond acceptors (Lipinski definition) is 4. The first kappa shape index (κ1) is 15.3. The van der Waals surface area contributed by atoms with E-state index in [0.717, 1.165) is 11.3 Å². The molecule has 19 heavy (non-hydrogen) atoms. The second-order valence-electron chi connectivity index (χ2n) is 5.27. The number of amides is 1. The molecule has 1 rings (SSSR count). The SMILES string of the molecule is COc1ccc(C(C)NNC(=O)OC(C)(C)C)cc1. The van der Waals surface area contributed by atoms with Crippen LogP contribution in [0.1, 0.15) is 39.3 Å². The van der Waals surface area contributed by atoms with Crippen LogP contribution >= 0.6 is 0 Å². The molecule has 0 radical (unpaired) electrons. The number of rotatable bonds is 4. The van der Waals surface area contributed by atoms with E-state index in [0.29, 0.717) is 0 Å². The van der Waals surface area contributed by atoms with E-state index in [4.69, 9.17) is 9.47 Å². The van der Waals surface area contributed by atoms with Crippen molar-refractivity contribution in [1.29, 1.82) is 0 Å². The first-order valence-corrected chi connectivity index (χ1v) is 6.20. The molecule has 1 atom stereocenters. The van der Waals surface area contributed by atoms with Crippen LogP contribution in [0.4, 0.5) is 4.79 Å². The van der Waals surface area contributed by atoms with Gasteiger partial charge in [0.2, 0.25) is 0 Å². The van der Waals surface area contributed by atoms with E-state index in [2.05, 4.69) is 10.9 Å². The molecule has 0 saturated carbocycles. The number of benzene rings is 1. The third-order valence-corrected chi connectivity index (χ3v) is 2.41. The summed E-state index contributed by atoms with van der Waals surface area (Å²) < 4.78 is 10.2. The molecule has 0 spiro atoms. The van der Waals surface area contributed by atoms with Crippen molar-refractivity contribution in [3.8, 4) is 5.75 Å². The first-order valence-electron chi connectivity index (χ1n) is 6.20. The van der Waals surface area contributed by atoms with E-state index in [1.165, 1.54) is 0 Å². The van der Waals surface area contributed by atoms with E-state index in [-0.39, 0.29) is 6.04 Å².